The van der Waals surface area contributed by atoms with Crippen LogP contribution < -0.4 is 5.32 Å². The number of nitrogens with one attached hydrogen (secondary N) is 1. The summed E-state index contributed by atoms with van der Waals surface area (Å²) >= 11 is 0. The van der Waals surface area contributed by atoms with Gasteiger partial charge in [0.2, 0.25) is 0 Å². The molecule has 1 fully saturated rings. The Balaban J connectivity index is 0.00000176. The largest absolute Gasteiger partial charge is 0.444 e. The maximum Gasteiger partial charge on any atom is 0.407 e. The molecule has 0 saturated carbocycles. The van der Waals surface area contributed by atoms with Gasteiger partial charge in [-0.25, -0.2) is 22.0 Å². The van der Waals surface area contributed by atoms with Gasteiger partial charge in [0, 0.05) is 36.5 Å². The average molecular weight is 528 g/mol. The van der Waals surface area contributed by atoms with Crippen LogP contribution in [0.1, 0.15) is 57.0 Å². The number of amides is 1. The van der Waals surface area contributed by atoms with Crippen LogP contribution in [0.4, 0.5) is 13.6 Å². The lowest BCUT2D eigenvalue weighted by Crippen LogP contribution is -2.52. The van der Waals surface area contributed by atoms with Gasteiger partial charge in [0.05, 0.1) is 38.4 Å². The zero-order valence-electron chi connectivity index (χ0n) is 21.1. The lowest BCUT2D eigenvalue weighted by atomic mass is 9.92. The first kappa shape index (κ1) is 27.9. The Hall–Kier alpha value is -2.70. The molecule has 1 amide bonds. The summed E-state index contributed by atoms with van der Waals surface area (Å²) in [7, 11) is -3.47. The van der Waals surface area contributed by atoms with Crippen LogP contribution in [-0.2, 0) is 32.6 Å². The second kappa shape index (κ2) is 10.7. The summed E-state index contributed by atoms with van der Waals surface area (Å²) in [6.07, 6.45) is 1.38. The van der Waals surface area contributed by atoms with Gasteiger partial charge in [0.1, 0.15) is 23.3 Å². The third-order valence-electron chi connectivity index (χ3n) is 5.77. The molecule has 0 unspecified atom stereocenters. The highest BCUT2D eigenvalue weighted by Gasteiger charge is 2.40. The van der Waals surface area contributed by atoms with Crippen molar-refractivity contribution in [1.29, 1.82) is 0 Å². The average Bonchev–Trinajstić information content (AvgIpc) is 3.35. The van der Waals surface area contributed by atoms with Gasteiger partial charge in [-0.1, -0.05) is 0 Å². The Kier molecular flexibility index (Phi) is 8.31. The van der Waals surface area contributed by atoms with E-state index < -0.39 is 45.5 Å². The Morgan fingerprint density at radius 3 is 2.56 bits per heavy atom. The number of ether oxygens (including phenoxy) is 2. The maximum absolute atomic E-state index is 14.5. The van der Waals surface area contributed by atoms with E-state index in [0.717, 1.165) is 34.1 Å². The molecule has 4 rings (SSSR count). The summed E-state index contributed by atoms with van der Waals surface area (Å²) in [4.78, 5) is 14.6. The number of hydrogen-bond acceptors (Lipinski definition) is 7. The molecule has 2 aliphatic rings. The fourth-order valence-corrected chi connectivity index (χ4v) is 4.85. The summed E-state index contributed by atoms with van der Waals surface area (Å²) in [6, 6.07) is 2.27. The monoisotopic (exact) mass is 527 g/mol. The minimum absolute atomic E-state index is 0.0219. The predicted molar refractivity (Wildman–Crippen MR) is 129 cm³/mol. The molecule has 3 heterocycles. The van der Waals surface area contributed by atoms with Crippen molar-refractivity contribution in [2.45, 2.75) is 71.0 Å². The first-order valence-corrected chi connectivity index (χ1v) is 13.4. The van der Waals surface area contributed by atoms with Gasteiger partial charge in [0.15, 0.2) is 0 Å². The van der Waals surface area contributed by atoms with E-state index in [0.29, 0.717) is 25.2 Å². The predicted octanol–water partition coefficient (Wildman–Crippen LogP) is 3.55. The van der Waals surface area contributed by atoms with Crippen LogP contribution >= 0.6 is 0 Å². The number of nitrogens with zero attached hydrogens (tertiary/aromatic N) is 3. The van der Waals surface area contributed by atoms with Crippen LogP contribution in [0.15, 0.2) is 24.4 Å². The molecular formula is C24H33F2N4O5S+. The summed E-state index contributed by atoms with van der Waals surface area (Å²) < 4.78 is 64.2. The lowest BCUT2D eigenvalue weighted by Gasteiger charge is -2.40. The molecule has 0 aliphatic carbocycles. The topological polar surface area (TPSA) is 103 Å². The third kappa shape index (κ3) is 6.54. The second-order valence-corrected chi connectivity index (χ2v) is 11.5. The van der Waals surface area contributed by atoms with Gasteiger partial charge >= 0.3 is 6.09 Å². The number of halogens is 2. The van der Waals surface area contributed by atoms with Crippen molar-refractivity contribution >= 4 is 16.1 Å². The van der Waals surface area contributed by atoms with Crippen LogP contribution in [0.25, 0.3) is 0 Å². The van der Waals surface area contributed by atoms with Crippen LogP contribution in [0.5, 0.6) is 0 Å². The van der Waals surface area contributed by atoms with Gasteiger partial charge in [-0.15, -0.1) is 0 Å². The van der Waals surface area contributed by atoms with Crippen molar-refractivity contribution in [2.24, 2.45) is 0 Å². The van der Waals surface area contributed by atoms with E-state index in [4.69, 9.17) is 9.47 Å². The van der Waals surface area contributed by atoms with Crippen molar-refractivity contribution in [3.05, 3.63) is 59.8 Å². The molecule has 9 nitrogen and oxygen atoms in total. The standard InChI is InChI=1S/C22H28F2N4O5S.C2H5/c1-22(2,3)33-21(29)25-18-8-15(12-32-20(18)16-7-14(23)5-6-17(16)24)27-9-13-10-28(34(4,30)31)26-19(13)11-27;1-2/h5-7,10,15,18,20H,8-9,11-12H2,1-4H3,(H,25,29);1H2,2H3/q;+1/t15-,18+,20-;/m1./s1. The van der Waals surface area contributed by atoms with E-state index in [9.17, 15) is 22.0 Å². The van der Waals surface area contributed by atoms with E-state index in [-0.39, 0.29) is 18.2 Å². The van der Waals surface area contributed by atoms with Gasteiger partial charge < -0.3 is 14.8 Å². The summed E-state index contributed by atoms with van der Waals surface area (Å²) in [5, 5.41) is 6.93. The molecular weight excluding hydrogens is 494 g/mol. The quantitative estimate of drug-likeness (QED) is 0.607. The zero-order valence-corrected chi connectivity index (χ0v) is 21.9. The normalized spacial score (nSPS) is 22.4. The number of hydrogen-bond donors (Lipinski definition) is 1. The summed E-state index contributed by atoms with van der Waals surface area (Å²) in [6.45, 7) is 11.3. The summed E-state index contributed by atoms with van der Waals surface area (Å²) in [5.41, 5.74) is 0.732. The molecule has 198 valence electrons. The minimum atomic E-state index is -3.47. The van der Waals surface area contributed by atoms with Crippen molar-refractivity contribution in [3.8, 4) is 0 Å². The first-order chi connectivity index (χ1) is 16.8. The number of fused-ring (bicyclic) bond motifs is 1. The Bertz CT molecular complexity index is 1170. The molecule has 2 aliphatic heterocycles. The number of carbonyl (C=O) groups is 1. The van der Waals surface area contributed by atoms with Crippen molar-refractivity contribution in [2.75, 3.05) is 12.9 Å². The Morgan fingerprint density at radius 1 is 1.25 bits per heavy atom. The van der Waals surface area contributed by atoms with Crippen LogP contribution in [0.2, 0.25) is 0 Å². The Labute approximate surface area is 210 Å². The van der Waals surface area contributed by atoms with E-state index >= 15 is 0 Å². The summed E-state index contributed by atoms with van der Waals surface area (Å²) in [5.74, 6) is -1.23. The van der Waals surface area contributed by atoms with Crippen molar-refractivity contribution < 1.29 is 31.5 Å². The van der Waals surface area contributed by atoms with E-state index in [1.54, 1.807) is 27.7 Å². The number of rotatable bonds is 4. The highest BCUT2D eigenvalue weighted by atomic mass is 32.2. The molecule has 2 aromatic rings. The van der Waals surface area contributed by atoms with E-state index in [2.05, 4.69) is 22.2 Å². The smallest absolute Gasteiger partial charge is 0.407 e. The number of aromatic nitrogens is 2. The molecule has 0 radical (unpaired) electrons. The lowest BCUT2D eigenvalue weighted by molar-refractivity contribution is -0.0629. The first-order valence-electron chi connectivity index (χ1n) is 11.6. The maximum atomic E-state index is 14.5. The van der Waals surface area contributed by atoms with Crippen LogP contribution in [0, 0.1) is 18.6 Å². The highest BCUT2D eigenvalue weighted by Crippen LogP contribution is 2.35. The molecule has 0 bridgehead atoms. The van der Waals surface area contributed by atoms with E-state index in [1.807, 2.05) is 0 Å². The third-order valence-corrected chi connectivity index (χ3v) is 6.63. The van der Waals surface area contributed by atoms with Gasteiger partial charge in [-0.3, -0.25) is 4.90 Å². The molecule has 0 spiro atoms. The number of benzene rings is 1. The van der Waals surface area contributed by atoms with Gasteiger partial charge in [-0.2, -0.15) is 9.19 Å². The number of alkyl carbamates (subject to hydrolysis) is 1. The number of carbonyl (C=O) groups excluding carboxylic acids is 1. The van der Waals surface area contributed by atoms with Crippen molar-refractivity contribution in [1.82, 2.24) is 19.4 Å². The molecule has 12 heteroatoms. The fourth-order valence-electron chi connectivity index (χ4n) is 4.28. The zero-order chi connectivity index (χ0) is 26.8. The molecule has 1 N–H and O–H groups in total. The SMILES string of the molecule is CC(C)(C)OC(=O)N[C@H]1C[C@@H](N2Cc3cn(S(C)(=O)=O)nc3C2)CO[C@@H]1c1cc(F)ccc1F.[CH2+]C. The van der Waals surface area contributed by atoms with Crippen LogP contribution in [-0.4, -0.2) is 59.1 Å². The molecule has 1 aromatic heterocycles. The second-order valence-electron chi connectivity index (χ2n) is 9.70. The van der Waals surface area contributed by atoms with Crippen LogP contribution in [0.3, 0.4) is 0 Å². The molecule has 36 heavy (non-hydrogen) atoms. The fraction of sp³-hybridized carbons (Fsp3) is 0.542. The molecule has 1 saturated heterocycles. The van der Waals surface area contributed by atoms with Crippen molar-refractivity contribution in [3.63, 3.8) is 0 Å². The van der Waals surface area contributed by atoms with E-state index in [1.165, 1.54) is 6.20 Å². The minimum Gasteiger partial charge on any atom is -0.444 e. The highest BCUT2D eigenvalue weighted by molar-refractivity contribution is 7.89. The van der Waals surface area contributed by atoms with Gasteiger partial charge in [-0.05, 0) is 45.4 Å². The Morgan fingerprint density at radius 2 is 1.94 bits per heavy atom. The molecule has 3 atom stereocenters. The van der Waals surface area contributed by atoms with Gasteiger partial charge in [0.25, 0.3) is 10.0 Å². The molecule has 1 aromatic carbocycles.